The van der Waals surface area contributed by atoms with E-state index in [1.54, 1.807) is 13.8 Å². The molecule has 2 fully saturated rings. The summed E-state index contributed by atoms with van der Waals surface area (Å²) in [4.78, 5) is 23.3. The first-order chi connectivity index (χ1) is 10.4. The number of esters is 2. The van der Waals surface area contributed by atoms with Gasteiger partial charge < -0.3 is 9.47 Å². The summed E-state index contributed by atoms with van der Waals surface area (Å²) < 4.78 is 10.8. The van der Waals surface area contributed by atoms with E-state index >= 15 is 0 Å². The van der Waals surface area contributed by atoms with Gasteiger partial charge in [0, 0.05) is 22.5 Å². The lowest BCUT2D eigenvalue weighted by Crippen LogP contribution is -2.53. The van der Waals surface area contributed by atoms with Crippen molar-refractivity contribution in [3.05, 3.63) is 24.3 Å². The molecule has 0 spiro atoms. The van der Waals surface area contributed by atoms with Crippen molar-refractivity contribution in [2.75, 3.05) is 13.2 Å². The van der Waals surface area contributed by atoms with Gasteiger partial charge in [-0.1, -0.05) is 19.6 Å². The van der Waals surface area contributed by atoms with Crippen molar-refractivity contribution in [2.24, 2.45) is 17.3 Å². The van der Waals surface area contributed by atoms with Crippen molar-refractivity contribution in [1.29, 1.82) is 0 Å². The van der Waals surface area contributed by atoms with Gasteiger partial charge in [0.25, 0.3) is 0 Å². The summed E-state index contributed by atoms with van der Waals surface area (Å²) in [6.45, 7) is 11.3. The summed E-state index contributed by atoms with van der Waals surface area (Å²) in [5, 5.41) is 0. The predicted octanol–water partition coefficient (Wildman–Crippen LogP) is 3.42. The van der Waals surface area contributed by atoms with Crippen molar-refractivity contribution in [2.45, 2.75) is 46.0 Å². The minimum Gasteiger partial charge on any atom is -0.462 e. The third kappa shape index (κ3) is 3.26. The quantitative estimate of drug-likeness (QED) is 0.534. The maximum atomic E-state index is 11.7. The summed E-state index contributed by atoms with van der Waals surface area (Å²) in [6.07, 6.45) is 5.64. The fourth-order valence-electron chi connectivity index (χ4n) is 3.42. The molecule has 0 aromatic heterocycles. The highest BCUT2D eigenvalue weighted by atomic mass is 16.5. The van der Waals surface area contributed by atoms with Crippen LogP contribution in [-0.4, -0.2) is 25.2 Å². The smallest absolute Gasteiger partial charge is 0.333 e. The van der Waals surface area contributed by atoms with E-state index in [4.69, 9.17) is 9.47 Å². The SMILES string of the molecule is C=C(C)C(=O)OCC1CCC1(COC(=O)C(=C)C)C1CCC1. The van der Waals surface area contributed by atoms with Crippen LogP contribution in [0.25, 0.3) is 0 Å². The van der Waals surface area contributed by atoms with Crippen LogP contribution in [-0.2, 0) is 19.1 Å². The van der Waals surface area contributed by atoms with Crippen LogP contribution in [0.1, 0.15) is 46.0 Å². The molecule has 0 aromatic carbocycles. The number of ether oxygens (including phenoxy) is 2. The van der Waals surface area contributed by atoms with Crippen LogP contribution >= 0.6 is 0 Å². The molecular weight excluding hydrogens is 280 g/mol. The third-order valence-electron chi connectivity index (χ3n) is 5.27. The Morgan fingerprint density at radius 2 is 1.64 bits per heavy atom. The minimum absolute atomic E-state index is 0.0152. The van der Waals surface area contributed by atoms with E-state index in [1.165, 1.54) is 19.3 Å². The fraction of sp³-hybridized carbons (Fsp3) is 0.667. The van der Waals surface area contributed by atoms with Crippen LogP contribution in [0.3, 0.4) is 0 Å². The molecule has 2 atom stereocenters. The van der Waals surface area contributed by atoms with Crippen molar-refractivity contribution in [3.63, 3.8) is 0 Å². The molecule has 4 heteroatoms. The Kier molecular flexibility index (Phi) is 5.09. The molecule has 0 aliphatic heterocycles. The molecule has 22 heavy (non-hydrogen) atoms. The first-order valence-electron chi connectivity index (χ1n) is 8.02. The highest BCUT2D eigenvalue weighted by Gasteiger charge is 2.54. The van der Waals surface area contributed by atoms with Gasteiger partial charge >= 0.3 is 11.9 Å². The Balaban J connectivity index is 1.97. The van der Waals surface area contributed by atoms with Crippen LogP contribution in [0.2, 0.25) is 0 Å². The summed E-state index contributed by atoms with van der Waals surface area (Å²) in [6, 6.07) is 0. The Morgan fingerprint density at radius 3 is 2.05 bits per heavy atom. The molecule has 122 valence electrons. The molecule has 0 N–H and O–H groups in total. The van der Waals surface area contributed by atoms with Gasteiger partial charge in [-0.15, -0.1) is 0 Å². The van der Waals surface area contributed by atoms with Gasteiger partial charge in [-0.05, 0) is 45.4 Å². The van der Waals surface area contributed by atoms with Crippen molar-refractivity contribution in [1.82, 2.24) is 0 Å². The molecule has 2 aliphatic carbocycles. The molecule has 2 unspecified atom stereocenters. The van der Waals surface area contributed by atoms with Crippen LogP contribution in [0.5, 0.6) is 0 Å². The van der Waals surface area contributed by atoms with Crippen molar-refractivity contribution in [3.8, 4) is 0 Å². The second-order valence-electron chi connectivity index (χ2n) is 6.83. The Hall–Kier alpha value is -1.58. The van der Waals surface area contributed by atoms with Gasteiger partial charge in [-0.25, -0.2) is 9.59 Å². The molecule has 0 heterocycles. The van der Waals surface area contributed by atoms with Crippen molar-refractivity contribution < 1.29 is 19.1 Å². The zero-order valence-electron chi connectivity index (χ0n) is 13.7. The fourth-order valence-corrected chi connectivity index (χ4v) is 3.42. The highest BCUT2D eigenvalue weighted by molar-refractivity contribution is 5.87. The molecule has 2 rings (SSSR count). The summed E-state index contributed by atoms with van der Waals surface area (Å²) in [5.41, 5.74) is 0.828. The van der Waals surface area contributed by atoms with Gasteiger partial charge in [-0.2, -0.15) is 0 Å². The van der Waals surface area contributed by atoms with Gasteiger partial charge in [0.1, 0.15) is 0 Å². The van der Waals surface area contributed by atoms with E-state index in [2.05, 4.69) is 13.2 Å². The molecule has 2 aliphatic rings. The topological polar surface area (TPSA) is 52.6 Å². The normalized spacial score (nSPS) is 27.3. The second kappa shape index (κ2) is 6.67. The number of hydrogen-bond acceptors (Lipinski definition) is 4. The monoisotopic (exact) mass is 306 g/mol. The maximum absolute atomic E-state index is 11.7. The van der Waals surface area contributed by atoms with Crippen LogP contribution in [0.4, 0.5) is 0 Å². The van der Waals surface area contributed by atoms with Gasteiger partial charge in [0.2, 0.25) is 0 Å². The van der Waals surface area contributed by atoms with Gasteiger partial charge in [0.15, 0.2) is 0 Å². The van der Waals surface area contributed by atoms with E-state index < -0.39 is 0 Å². The van der Waals surface area contributed by atoms with Crippen molar-refractivity contribution >= 4 is 11.9 Å². The molecule has 2 saturated carbocycles. The second-order valence-corrected chi connectivity index (χ2v) is 6.83. The first-order valence-corrected chi connectivity index (χ1v) is 8.02. The average Bonchev–Trinajstić information content (AvgIpc) is 2.38. The Morgan fingerprint density at radius 1 is 1.05 bits per heavy atom. The van der Waals surface area contributed by atoms with Gasteiger partial charge in [-0.3, -0.25) is 0 Å². The highest BCUT2D eigenvalue weighted by Crippen LogP contribution is 2.58. The standard InChI is InChI=1S/C18H26O4/c1-12(2)16(19)21-10-15-8-9-18(15,14-6-5-7-14)11-22-17(20)13(3)4/h14-15H,1,3,5-11H2,2,4H3. The largest absolute Gasteiger partial charge is 0.462 e. The van der Waals surface area contributed by atoms with Crippen LogP contribution in [0, 0.1) is 17.3 Å². The molecular formula is C18H26O4. The lowest BCUT2D eigenvalue weighted by molar-refractivity contribution is -0.169. The zero-order chi connectivity index (χ0) is 16.3. The summed E-state index contributed by atoms with van der Waals surface area (Å²) in [7, 11) is 0. The average molecular weight is 306 g/mol. The molecule has 0 saturated heterocycles. The first kappa shape index (κ1) is 16.8. The van der Waals surface area contributed by atoms with E-state index in [9.17, 15) is 9.59 Å². The Bertz CT molecular complexity index is 489. The Labute approximate surface area is 132 Å². The number of carbonyl (C=O) groups is 2. The van der Waals surface area contributed by atoms with Gasteiger partial charge in [0.05, 0.1) is 13.2 Å². The van der Waals surface area contributed by atoms with E-state index in [1.807, 2.05) is 0 Å². The van der Waals surface area contributed by atoms with E-state index in [-0.39, 0.29) is 23.3 Å². The summed E-state index contributed by atoms with van der Waals surface area (Å²) in [5.74, 6) is 0.184. The third-order valence-corrected chi connectivity index (χ3v) is 5.27. The summed E-state index contributed by atoms with van der Waals surface area (Å²) >= 11 is 0. The molecule has 0 bridgehead atoms. The molecule has 0 radical (unpaired) electrons. The number of hydrogen-bond donors (Lipinski definition) is 0. The lowest BCUT2D eigenvalue weighted by Gasteiger charge is -2.56. The van der Waals surface area contributed by atoms with E-state index in [0.717, 1.165) is 12.8 Å². The zero-order valence-corrected chi connectivity index (χ0v) is 13.7. The van der Waals surface area contributed by atoms with Crippen LogP contribution in [0.15, 0.2) is 24.3 Å². The van der Waals surface area contributed by atoms with Crippen LogP contribution < -0.4 is 0 Å². The lowest BCUT2D eigenvalue weighted by atomic mass is 9.50. The molecule has 4 nitrogen and oxygen atoms in total. The predicted molar refractivity (Wildman–Crippen MR) is 84.0 cm³/mol. The number of rotatable bonds is 7. The maximum Gasteiger partial charge on any atom is 0.333 e. The number of carbonyl (C=O) groups excluding carboxylic acids is 2. The van der Waals surface area contributed by atoms with E-state index in [0.29, 0.717) is 30.3 Å². The molecule has 0 aromatic rings. The minimum atomic E-state index is -0.339. The molecule has 0 amide bonds.